The van der Waals surface area contributed by atoms with Crippen molar-refractivity contribution >= 4 is 5.97 Å². The first-order chi connectivity index (χ1) is 9.52. The molecule has 0 bridgehead atoms. The van der Waals surface area contributed by atoms with Gasteiger partial charge in [0, 0.05) is 12.6 Å². The predicted molar refractivity (Wildman–Crippen MR) is 75.9 cm³/mol. The maximum Gasteiger partial charge on any atom is 0.338 e. The van der Waals surface area contributed by atoms with Gasteiger partial charge in [-0.25, -0.2) is 9.18 Å². The van der Waals surface area contributed by atoms with Gasteiger partial charge in [0.1, 0.15) is 5.82 Å². The lowest BCUT2D eigenvalue weighted by Gasteiger charge is -2.08. The third-order valence-corrected chi connectivity index (χ3v) is 2.62. The van der Waals surface area contributed by atoms with E-state index in [4.69, 9.17) is 21.7 Å². The van der Waals surface area contributed by atoms with Gasteiger partial charge >= 0.3 is 5.97 Å². The summed E-state index contributed by atoms with van der Waals surface area (Å²) in [5.41, 5.74) is 10.7. The molecule has 0 aliphatic rings. The van der Waals surface area contributed by atoms with Crippen LogP contribution in [-0.2, 0) is 0 Å². The van der Waals surface area contributed by atoms with Crippen LogP contribution in [-0.4, -0.2) is 35.4 Å². The second kappa shape index (κ2) is 11.3. The van der Waals surface area contributed by atoms with Gasteiger partial charge in [-0.05, 0) is 44.4 Å². The van der Waals surface area contributed by atoms with Gasteiger partial charge < -0.3 is 21.7 Å². The van der Waals surface area contributed by atoms with Gasteiger partial charge in [0.15, 0.2) is 0 Å². The summed E-state index contributed by atoms with van der Waals surface area (Å²) in [4.78, 5) is 10.2. The van der Waals surface area contributed by atoms with Gasteiger partial charge in [-0.3, -0.25) is 0 Å². The summed E-state index contributed by atoms with van der Waals surface area (Å²) < 4.78 is 12.5. The van der Waals surface area contributed by atoms with E-state index < -0.39 is 11.8 Å². The molecule has 0 aliphatic carbocycles. The van der Waals surface area contributed by atoms with Crippen LogP contribution in [0.2, 0.25) is 0 Å². The minimum Gasteiger partial charge on any atom is -0.478 e. The van der Waals surface area contributed by atoms with Crippen molar-refractivity contribution in [3.05, 3.63) is 35.6 Å². The molecule has 0 fully saturated rings. The highest BCUT2D eigenvalue weighted by Crippen LogP contribution is 2.04. The number of carbonyl (C=O) groups is 1. The molecule has 1 atom stereocenters. The van der Waals surface area contributed by atoms with Gasteiger partial charge in [0.25, 0.3) is 0 Å². The van der Waals surface area contributed by atoms with Crippen molar-refractivity contribution in [2.45, 2.75) is 31.7 Å². The van der Waals surface area contributed by atoms with E-state index in [9.17, 15) is 9.18 Å². The molecular weight excluding hydrogens is 263 g/mol. The number of aromatic carboxylic acids is 1. The van der Waals surface area contributed by atoms with Crippen molar-refractivity contribution in [2.75, 3.05) is 13.2 Å². The Kier molecular flexibility index (Phi) is 10.5. The van der Waals surface area contributed by atoms with E-state index in [2.05, 4.69) is 0 Å². The van der Waals surface area contributed by atoms with Crippen LogP contribution in [0.15, 0.2) is 24.3 Å². The fourth-order valence-corrected chi connectivity index (χ4v) is 1.51. The Morgan fingerprint density at radius 3 is 2.30 bits per heavy atom. The maximum atomic E-state index is 12.5. The van der Waals surface area contributed by atoms with Crippen molar-refractivity contribution in [1.29, 1.82) is 0 Å². The lowest BCUT2D eigenvalue weighted by atomic mass is 10.1. The maximum absolute atomic E-state index is 12.5. The summed E-state index contributed by atoms with van der Waals surface area (Å²) in [6.45, 7) is 0.961. The third kappa shape index (κ3) is 8.58. The van der Waals surface area contributed by atoms with Crippen LogP contribution in [0.1, 0.15) is 36.0 Å². The minimum absolute atomic E-state index is 0.232. The van der Waals surface area contributed by atoms with Crippen molar-refractivity contribution in [3.8, 4) is 0 Å². The molecule has 114 valence electrons. The molecule has 0 saturated carbocycles. The molecule has 1 unspecified atom stereocenters. The fourth-order valence-electron chi connectivity index (χ4n) is 1.51. The Morgan fingerprint density at radius 2 is 1.85 bits per heavy atom. The van der Waals surface area contributed by atoms with E-state index >= 15 is 0 Å². The van der Waals surface area contributed by atoms with Crippen LogP contribution >= 0.6 is 0 Å². The summed E-state index contributed by atoms with van der Waals surface area (Å²) in [5, 5.41) is 16.8. The lowest BCUT2D eigenvalue weighted by Crippen LogP contribution is -2.21. The molecule has 0 aromatic heterocycles. The highest BCUT2D eigenvalue weighted by atomic mass is 19.1. The number of halogens is 1. The summed E-state index contributed by atoms with van der Waals surface area (Å²) >= 11 is 0. The fraction of sp³-hybridized carbons (Fsp3) is 0.500. The Balaban J connectivity index is 0.000000361. The molecule has 1 aromatic carbocycles. The lowest BCUT2D eigenvalue weighted by molar-refractivity contribution is 0.0692. The monoisotopic (exact) mass is 286 g/mol. The van der Waals surface area contributed by atoms with Crippen LogP contribution in [0, 0.1) is 5.82 Å². The average Bonchev–Trinajstić information content (AvgIpc) is 2.43. The number of carboxylic acids is 1. The van der Waals surface area contributed by atoms with Gasteiger partial charge in [0.2, 0.25) is 0 Å². The molecule has 5 nitrogen and oxygen atoms in total. The molecule has 0 spiro atoms. The quantitative estimate of drug-likeness (QED) is 0.605. The van der Waals surface area contributed by atoms with E-state index in [1.807, 2.05) is 0 Å². The number of benzene rings is 1. The van der Waals surface area contributed by atoms with Crippen molar-refractivity contribution < 1.29 is 19.4 Å². The first kappa shape index (κ1) is 18.5. The number of rotatable bonds is 7. The Morgan fingerprint density at radius 1 is 1.25 bits per heavy atom. The zero-order valence-electron chi connectivity index (χ0n) is 11.5. The number of nitrogens with two attached hydrogens (primary N) is 2. The molecule has 0 radical (unpaired) electrons. The van der Waals surface area contributed by atoms with Crippen LogP contribution < -0.4 is 11.5 Å². The third-order valence-electron chi connectivity index (χ3n) is 2.62. The molecule has 6 N–H and O–H groups in total. The molecule has 0 saturated heterocycles. The zero-order valence-corrected chi connectivity index (χ0v) is 11.5. The molecule has 1 rings (SSSR count). The Hall–Kier alpha value is -1.50. The van der Waals surface area contributed by atoms with Gasteiger partial charge in [-0.1, -0.05) is 12.1 Å². The van der Waals surface area contributed by atoms with Crippen LogP contribution in [0.3, 0.4) is 0 Å². The highest BCUT2D eigenvalue weighted by molar-refractivity contribution is 5.87. The normalized spacial score (nSPS) is 11.4. The first-order valence-electron chi connectivity index (χ1n) is 6.57. The summed E-state index contributed by atoms with van der Waals surface area (Å²) in [6.07, 6.45) is 3.70. The van der Waals surface area contributed by atoms with Gasteiger partial charge in [0.05, 0.1) is 5.56 Å². The van der Waals surface area contributed by atoms with Crippen molar-refractivity contribution in [2.24, 2.45) is 11.5 Å². The van der Waals surface area contributed by atoms with Gasteiger partial charge in [-0.15, -0.1) is 0 Å². The number of aliphatic hydroxyl groups excluding tert-OH is 1. The van der Waals surface area contributed by atoms with Crippen molar-refractivity contribution in [3.63, 3.8) is 0 Å². The molecule has 1 aromatic rings. The largest absolute Gasteiger partial charge is 0.478 e. The van der Waals surface area contributed by atoms with Crippen molar-refractivity contribution in [1.82, 2.24) is 0 Å². The topological polar surface area (TPSA) is 110 Å². The van der Waals surface area contributed by atoms with E-state index in [0.29, 0.717) is 6.54 Å². The molecule has 0 amide bonds. The second-order valence-corrected chi connectivity index (χ2v) is 4.34. The number of carboxylic acid groups (broad SMARTS) is 1. The Labute approximate surface area is 118 Å². The van der Waals surface area contributed by atoms with E-state index in [0.717, 1.165) is 31.7 Å². The average molecular weight is 286 g/mol. The predicted octanol–water partition coefficient (Wildman–Crippen LogP) is 1.35. The molecule has 0 aliphatic heterocycles. The number of hydrogen-bond acceptors (Lipinski definition) is 4. The van der Waals surface area contributed by atoms with Crippen LogP contribution in [0.5, 0.6) is 0 Å². The first-order valence-corrected chi connectivity index (χ1v) is 6.57. The van der Waals surface area contributed by atoms with E-state index in [1.54, 1.807) is 0 Å². The molecule has 6 heteroatoms. The summed E-state index contributed by atoms with van der Waals surface area (Å²) in [7, 11) is 0. The number of aliphatic hydroxyl groups is 1. The summed E-state index contributed by atoms with van der Waals surface area (Å²) in [6, 6.07) is 5.49. The van der Waals surface area contributed by atoms with E-state index in [-0.39, 0.29) is 18.2 Å². The summed E-state index contributed by atoms with van der Waals surface area (Å²) in [5.74, 6) is -1.94. The van der Waals surface area contributed by atoms with Gasteiger partial charge in [-0.2, -0.15) is 0 Å². The SMILES string of the molecule is NCCCC(N)CCCO.O=C(O)c1ccccc1F. The number of hydrogen-bond donors (Lipinski definition) is 4. The minimum atomic E-state index is -1.24. The Bertz CT molecular complexity index is 380. The zero-order chi connectivity index (χ0) is 15.4. The molecule has 20 heavy (non-hydrogen) atoms. The highest BCUT2D eigenvalue weighted by Gasteiger charge is 2.06. The second-order valence-electron chi connectivity index (χ2n) is 4.34. The molecular formula is C14H23FN2O3. The smallest absolute Gasteiger partial charge is 0.338 e. The van der Waals surface area contributed by atoms with Crippen LogP contribution in [0.4, 0.5) is 4.39 Å². The van der Waals surface area contributed by atoms with E-state index in [1.165, 1.54) is 18.2 Å². The standard InChI is InChI=1S/C7H5FO2.C7H18N2O/c8-6-4-2-1-3-5(6)7(9)10;8-5-1-3-7(9)4-2-6-10/h1-4H,(H,9,10);7,10H,1-6,8-9H2. The molecule has 0 heterocycles. The van der Waals surface area contributed by atoms with Crippen LogP contribution in [0.25, 0.3) is 0 Å².